The fourth-order valence-corrected chi connectivity index (χ4v) is 4.76. The van der Waals surface area contributed by atoms with Crippen LogP contribution in [-0.2, 0) is 16.0 Å². The number of hydrogen-bond donors (Lipinski definition) is 1. The van der Waals surface area contributed by atoms with Crippen LogP contribution in [0, 0.1) is 0 Å². The number of nitrogens with zero attached hydrogens (tertiary/aromatic N) is 2. The van der Waals surface area contributed by atoms with Gasteiger partial charge in [-0.1, -0.05) is 72.8 Å². The summed E-state index contributed by atoms with van der Waals surface area (Å²) in [5, 5.41) is 11.7. The fourth-order valence-electron chi connectivity index (χ4n) is 4.76. The van der Waals surface area contributed by atoms with Gasteiger partial charge in [-0.05, 0) is 33.2 Å². The third kappa shape index (κ3) is 3.88. The summed E-state index contributed by atoms with van der Waals surface area (Å²) in [5.74, 6) is -1.18. The fraction of sp³-hybridized carbons (Fsp3) is 0.179. The zero-order valence-electron chi connectivity index (χ0n) is 18.7. The van der Waals surface area contributed by atoms with Gasteiger partial charge in [0.25, 0.3) is 0 Å². The van der Waals surface area contributed by atoms with Crippen molar-refractivity contribution < 1.29 is 19.4 Å². The number of hydrogen-bond acceptors (Lipinski definition) is 4. The first-order valence-electron chi connectivity index (χ1n) is 11.2. The number of carbonyl (C=O) groups excluding carboxylic acids is 1. The van der Waals surface area contributed by atoms with Gasteiger partial charge in [0.15, 0.2) is 0 Å². The molecule has 1 N–H and O–H groups in total. The quantitative estimate of drug-likeness (QED) is 0.440. The van der Waals surface area contributed by atoms with E-state index in [1.807, 2.05) is 60.7 Å². The highest BCUT2D eigenvalue weighted by molar-refractivity contribution is 5.86. The Hall–Kier alpha value is -4.19. The number of ether oxygens (including phenoxy) is 1. The predicted molar refractivity (Wildman–Crippen MR) is 130 cm³/mol. The van der Waals surface area contributed by atoms with Crippen molar-refractivity contribution in [1.82, 2.24) is 9.88 Å². The molecule has 0 saturated carbocycles. The smallest absolute Gasteiger partial charge is 0.410 e. The minimum absolute atomic E-state index is 0.0877. The average Bonchev–Trinajstić information content (AvgIpc) is 3.19. The number of aliphatic carboxylic acids is 1. The standard InChI is InChI=1S/C28H24N2O4/c1-30(26(27(31)32)14-19-16-29-15-18-8-2-3-9-20(18)19)28(33)34-17-25-23-12-6-4-10-21(23)22-11-5-7-13-24(22)25/h2-13,15-16,25-26H,14,17H2,1H3,(H,31,32)/t26-/m0/s1. The third-order valence-electron chi connectivity index (χ3n) is 6.54. The van der Waals surface area contributed by atoms with Crippen LogP contribution in [0.4, 0.5) is 4.79 Å². The molecule has 0 aliphatic heterocycles. The molecule has 34 heavy (non-hydrogen) atoms. The van der Waals surface area contributed by atoms with E-state index < -0.39 is 18.1 Å². The molecule has 0 bridgehead atoms. The number of fused-ring (bicyclic) bond motifs is 4. The second-order valence-corrected chi connectivity index (χ2v) is 8.49. The van der Waals surface area contributed by atoms with Crippen LogP contribution in [0.15, 0.2) is 85.2 Å². The molecule has 1 heterocycles. The zero-order valence-corrected chi connectivity index (χ0v) is 18.7. The number of aromatic nitrogens is 1. The summed E-state index contributed by atoms with van der Waals surface area (Å²) in [6.45, 7) is 0.138. The highest BCUT2D eigenvalue weighted by Gasteiger charge is 2.32. The van der Waals surface area contributed by atoms with E-state index in [1.165, 1.54) is 7.05 Å². The molecular weight excluding hydrogens is 428 g/mol. The first-order chi connectivity index (χ1) is 16.5. The molecule has 4 aromatic rings. The lowest BCUT2D eigenvalue weighted by Crippen LogP contribution is -2.44. The summed E-state index contributed by atoms with van der Waals surface area (Å²) >= 11 is 0. The summed E-state index contributed by atoms with van der Waals surface area (Å²) < 4.78 is 5.67. The molecule has 1 aromatic heterocycles. The molecule has 0 fully saturated rings. The average molecular weight is 453 g/mol. The van der Waals surface area contributed by atoms with Gasteiger partial charge in [0.2, 0.25) is 0 Å². The molecule has 1 atom stereocenters. The lowest BCUT2D eigenvalue weighted by atomic mass is 9.98. The van der Waals surface area contributed by atoms with Gasteiger partial charge < -0.3 is 9.84 Å². The Bertz CT molecular complexity index is 1330. The molecular formula is C28H24N2O4. The number of pyridine rings is 1. The lowest BCUT2D eigenvalue weighted by Gasteiger charge is -2.25. The third-order valence-corrected chi connectivity index (χ3v) is 6.54. The van der Waals surface area contributed by atoms with Crippen LogP contribution in [0.2, 0.25) is 0 Å². The molecule has 3 aromatic carbocycles. The van der Waals surface area contributed by atoms with Gasteiger partial charge in [-0.25, -0.2) is 9.59 Å². The van der Waals surface area contributed by atoms with Crippen LogP contribution >= 0.6 is 0 Å². The normalized spacial score (nSPS) is 13.2. The molecule has 0 unspecified atom stereocenters. The van der Waals surface area contributed by atoms with Crippen LogP contribution in [0.25, 0.3) is 21.9 Å². The van der Waals surface area contributed by atoms with E-state index >= 15 is 0 Å². The van der Waals surface area contributed by atoms with E-state index in [0.29, 0.717) is 0 Å². The summed E-state index contributed by atoms with van der Waals surface area (Å²) in [5.41, 5.74) is 5.26. The first kappa shape index (κ1) is 21.6. The second-order valence-electron chi connectivity index (χ2n) is 8.49. The number of carboxylic acid groups (broad SMARTS) is 1. The summed E-state index contributed by atoms with van der Waals surface area (Å²) in [6.07, 6.45) is 2.86. The van der Waals surface area contributed by atoms with E-state index in [0.717, 1.165) is 43.5 Å². The van der Waals surface area contributed by atoms with Crippen molar-refractivity contribution in [3.8, 4) is 11.1 Å². The minimum atomic E-state index is -1.09. The molecule has 5 rings (SSSR count). The van der Waals surface area contributed by atoms with E-state index in [-0.39, 0.29) is 18.9 Å². The Morgan fingerprint density at radius 2 is 1.56 bits per heavy atom. The van der Waals surface area contributed by atoms with Crippen molar-refractivity contribution >= 4 is 22.8 Å². The molecule has 0 spiro atoms. The van der Waals surface area contributed by atoms with Crippen molar-refractivity contribution in [1.29, 1.82) is 0 Å². The van der Waals surface area contributed by atoms with Crippen molar-refractivity contribution in [3.05, 3.63) is 102 Å². The van der Waals surface area contributed by atoms with Crippen LogP contribution in [0.5, 0.6) is 0 Å². The number of benzene rings is 3. The zero-order chi connectivity index (χ0) is 23.7. The Balaban J connectivity index is 1.33. The number of carboxylic acids is 1. The van der Waals surface area contributed by atoms with Crippen LogP contribution < -0.4 is 0 Å². The van der Waals surface area contributed by atoms with Crippen molar-refractivity contribution in [2.45, 2.75) is 18.4 Å². The predicted octanol–water partition coefficient (Wildman–Crippen LogP) is 5.11. The molecule has 6 nitrogen and oxygen atoms in total. The van der Waals surface area contributed by atoms with Gasteiger partial charge in [0.05, 0.1) is 0 Å². The number of amides is 1. The molecule has 1 aliphatic carbocycles. The molecule has 170 valence electrons. The molecule has 1 aliphatic rings. The van der Waals surface area contributed by atoms with E-state index in [4.69, 9.17) is 4.74 Å². The molecule has 0 radical (unpaired) electrons. The van der Waals surface area contributed by atoms with Gasteiger partial charge in [-0.3, -0.25) is 9.88 Å². The number of likely N-dealkylation sites (N-methyl/N-ethyl adjacent to an activating group) is 1. The lowest BCUT2D eigenvalue weighted by molar-refractivity contribution is -0.142. The SMILES string of the molecule is CN(C(=O)OCC1c2ccccc2-c2ccccc21)[C@@H](Cc1cncc2ccccc12)C(=O)O. The van der Waals surface area contributed by atoms with E-state index in [1.54, 1.807) is 12.4 Å². The highest BCUT2D eigenvalue weighted by Crippen LogP contribution is 2.44. The second kappa shape index (κ2) is 8.98. The largest absolute Gasteiger partial charge is 0.480 e. The van der Waals surface area contributed by atoms with Crippen LogP contribution in [-0.4, -0.2) is 46.7 Å². The maximum absolute atomic E-state index is 12.9. The number of rotatable bonds is 6. The van der Waals surface area contributed by atoms with Crippen molar-refractivity contribution in [2.75, 3.05) is 13.7 Å². The van der Waals surface area contributed by atoms with E-state index in [9.17, 15) is 14.7 Å². The Labute approximate surface area is 197 Å². The van der Waals surface area contributed by atoms with Gasteiger partial charge in [-0.15, -0.1) is 0 Å². The topological polar surface area (TPSA) is 79.7 Å². The molecule has 6 heteroatoms. The molecule has 1 amide bonds. The highest BCUT2D eigenvalue weighted by atomic mass is 16.6. The van der Waals surface area contributed by atoms with Gasteiger partial charge in [-0.2, -0.15) is 0 Å². The van der Waals surface area contributed by atoms with E-state index in [2.05, 4.69) is 17.1 Å². The minimum Gasteiger partial charge on any atom is -0.480 e. The van der Waals surface area contributed by atoms with Gasteiger partial charge in [0.1, 0.15) is 12.6 Å². The maximum Gasteiger partial charge on any atom is 0.410 e. The number of carbonyl (C=O) groups is 2. The summed E-state index contributed by atoms with van der Waals surface area (Å²) in [4.78, 5) is 30.4. The Morgan fingerprint density at radius 1 is 0.941 bits per heavy atom. The van der Waals surface area contributed by atoms with Crippen LogP contribution in [0.3, 0.4) is 0 Å². The Morgan fingerprint density at radius 3 is 2.24 bits per heavy atom. The van der Waals surface area contributed by atoms with Crippen LogP contribution in [0.1, 0.15) is 22.6 Å². The van der Waals surface area contributed by atoms with Gasteiger partial charge >= 0.3 is 12.1 Å². The summed E-state index contributed by atoms with van der Waals surface area (Å²) in [7, 11) is 1.47. The van der Waals surface area contributed by atoms with Crippen molar-refractivity contribution in [3.63, 3.8) is 0 Å². The monoisotopic (exact) mass is 452 g/mol. The molecule has 0 saturated heterocycles. The Kier molecular flexibility index (Phi) is 5.72. The maximum atomic E-state index is 12.9. The summed E-state index contributed by atoms with van der Waals surface area (Å²) in [6, 6.07) is 22.8. The first-order valence-corrected chi connectivity index (χ1v) is 11.2. The van der Waals surface area contributed by atoms with Crippen molar-refractivity contribution in [2.24, 2.45) is 0 Å². The van der Waals surface area contributed by atoms with Gasteiger partial charge in [0, 0.05) is 37.2 Å².